The molecule has 0 saturated carbocycles. The number of amides is 3. The van der Waals surface area contributed by atoms with Crippen LogP contribution in [0.15, 0.2) is 29.2 Å². The fourth-order valence-corrected chi connectivity index (χ4v) is 4.86. The average molecular weight is 407 g/mol. The minimum Gasteiger partial charge on any atom is -0.326 e. The number of hydrogen-bond donors (Lipinski definition) is 1. The zero-order valence-corrected chi connectivity index (χ0v) is 16.7. The number of nitrogens with zero attached hydrogens (tertiary/aromatic N) is 2. The normalized spacial score (nSPS) is 19.2. The Balaban J connectivity index is 1.56. The number of piperidine rings is 1. The number of sulfonamides is 1. The van der Waals surface area contributed by atoms with Crippen LogP contribution < -0.4 is 5.32 Å². The lowest BCUT2D eigenvalue weighted by Crippen LogP contribution is -2.37. The van der Waals surface area contributed by atoms with E-state index >= 15 is 0 Å². The van der Waals surface area contributed by atoms with E-state index in [1.165, 1.54) is 16.4 Å². The SMILES string of the molecule is CC1CCN(S(=O)(=O)c2ccc(NC(=O)CCN3C(=O)CCC3=O)cc2)CC1. The molecule has 0 aromatic heterocycles. The van der Waals surface area contributed by atoms with Crippen LogP contribution in [0.2, 0.25) is 0 Å². The lowest BCUT2D eigenvalue weighted by Gasteiger charge is -2.29. The van der Waals surface area contributed by atoms with E-state index < -0.39 is 10.0 Å². The van der Waals surface area contributed by atoms with Gasteiger partial charge in [-0.05, 0) is 43.0 Å². The number of likely N-dealkylation sites (tertiary alicyclic amines) is 1. The molecule has 8 nitrogen and oxygen atoms in total. The van der Waals surface area contributed by atoms with Gasteiger partial charge in [0.25, 0.3) is 0 Å². The standard InChI is InChI=1S/C19H25N3O5S/c1-14-8-11-21(12-9-14)28(26,27)16-4-2-15(3-5-16)20-17(23)10-13-22-18(24)6-7-19(22)25/h2-5,14H,6-13H2,1H3,(H,20,23). The summed E-state index contributed by atoms with van der Waals surface area (Å²) in [5.74, 6) is -0.303. The zero-order chi connectivity index (χ0) is 20.3. The number of rotatable bonds is 6. The molecule has 0 bridgehead atoms. The van der Waals surface area contributed by atoms with Crippen molar-refractivity contribution in [3.05, 3.63) is 24.3 Å². The average Bonchev–Trinajstić information content (AvgIpc) is 2.98. The van der Waals surface area contributed by atoms with Crippen LogP contribution in [0.25, 0.3) is 0 Å². The van der Waals surface area contributed by atoms with Gasteiger partial charge in [0.15, 0.2) is 0 Å². The van der Waals surface area contributed by atoms with Crippen LogP contribution in [-0.4, -0.2) is 55.0 Å². The predicted octanol–water partition coefficient (Wildman–Crippen LogP) is 1.58. The van der Waals surface area contributed by atoms with Crippen molar-refractivity contribution < 1.29 is 22.8 Å². The van der Waals surface area contributed by atoms with E-state index in [0.29, 0.717) is 24.7 Å². The Bertz CT molecular complexity index is 842. The van der Waals surface area contributed by atoms with Gasteiger partial charge in [0.2, 0.25) is 27.7 Å². The molecule has 28 heavy (non-hydrogen) atoms. The molecule has 9 heteroatoms. The third kappa shape index (κ3) is 4.59. The molecule has 2 aliphatic rings. The maximum Gasteiger partial charge on any atom is 0.243 e. The molecule has 2 heterocycles. The Morgan fingerprint density at radius 1 is 1.07 bits per heavy atom. The van der Waals surface area contributed by atoms with Gasteiger partial charge in [0, 0.05) is 44.6 Å². The van der Waals surface area contributed by atoms with Crippen molar-refractivity contribution in [1.82, 2.24) is 9.21 Å². The van der Waals surface area contributed by atoms with Gasteiger partial charge < -0.3 is 5.32 Å². The number of carbonyl (C=O) groups excluding carboxylic acids is 3. The summed E-state index contributed by atoms with van der Waals surface area (Å²) in [6.07, 6.45) is 2.12. The molecule has 1 aromatic carbocycles. The second-order valence-electron chi connectivity index (χ2n) is 7.35. The molecule has 0 aliphatic carbocycles. The van der Waals surface area contributed by atoms with Gasteiger partial charge in [0.05, 0.1) is 4.90 Å². The third-order valence-electron chi connectivity index (χ3n) is 5.24. The molecule has 2 fully saturated rings. The minimum atomic E-state index is -3.53. The maximum atomic E-state index is 12.7. The van der Waals surface area contributed by atoms with E-state index in [0.717, 1.165) is 17.7 Å². The van der Waals surface area contributed by atoms with E-state index in [2.05, 4.69) is 12.2 Å². The first kappa shape index (κ1) is 20.5. The van der Waals surface area contributed by atoms with Crippen LogP contribution in [-0.2, 0) is 24.4 Å². The summed E-state index contributed by atoms with van der Waals surface area (Å²) >= 11 is 0. The van der Waals surface area contributed by atoms with E-state index in [4.69, 9.17) is 0 Å². The highest BCUT2D eigenvalue weighted by molar-refractivity contribution is 7.89. The van der Waals surface area contributed by atoms with Crippen molar-refractivity contribution in [2.24, 2.45) is 5.92 Å². The van der Waals surface area contributed by atoms with E-state index in [-0.39, 0.29) is 48.4 Å². The van der Waals surface area contributed by atoms with Gasteiger partial charge in [0.1, 0.15) is 0 Å². The van der Waals surface area contributed by atoms with Crippen LogP contribution in [0.3, 0.4) is 0 Å². The first-order valence-electron chi connectivity index (χ1n) is 9.50. The first-order valence-corrected chi connectivity index (χ1v) is 10.9. The van der Waals surface area contributed by atoms with Crippen molar-refractivity contribution in [3.63, 3.8) is 0 Å². The summed E-state index contributed by atoms with van der Waals surface area (Å²) in [6.45, 7) is 3.23. The highest BCUT2D eigenvalue weighted by atomic mass is 32.2. The van der Waals surface area contributed by atoms with E-state index in [1.54, 1.807) is 12.1 Å². The largest absolute Gasteiger partial charge is 0.326 e. The highest BCUT2D eigenvalue weighted by Gasteiger charge is 2.29. The molecule has 1 N–H and O–H groups in total. The highest BCUT2D eigenvalue weighted by Crippen LogP contribution is 2.24. The Labute approximate surface area is 164 Å². The van der Waals surface area contributed by atoms with Crippen LogP contribution in [0.5, 0.6) is 0 Å². The molecular formula is C19H25N3O5S. The second-order valence-corrected chi connectivity index (χ2v) is 9.29. The first-order chi connectivity index (χ1) is 13.3. The number of benzene rings is 1. The van der Waals surface area contributed by atoms with Crippen LogP contribution in [0, 0.1) is 5.92 Å². The summed E-state index contributed by atoms with van der Waals surface area (Å²) in [6, 6.07) is 6.06. The number of nitrogens with one attached hydrogen (secondary N) is 1. The van der Waals surface area contributed by atoms with Crippen molar-refractivity contribution >= 4 is 33.4 Å². The fraction of sp³-hybridized carbons (Fsp3) is 0.526. The molecular weight excluding hydrogens is 382 g/mol. The number of hydrogen-bond acceptors (Lipinski definition) is 5. The number of carbonyl (C=O) groups is 3. The molecule has 2 saturated heterocycles. The molecule has 0 radical (unpaired) electrons. The smallest absolute Gasteiger partial charge is 0.243 e. The van der Waals surface area contributed by atoms with E-state index in [9.17, 15) is 22.8 Å². The summed E-state index contributed by atoms with van der Waals surface area (Å²) in [7, 11) is -3.53. The number of imide groups is 1. The van der Waals surface area contributed by atoms with Crippen LogP contribution in [0.1, 0.15) is 39.0 Å². The Morgan fingerprint density at radius 3 is 2.21 bits per heavy atom. The van der Waals surface area contributed by atoms with Gasteiger partial charge in [-0.25, -0.2) is 8.42 Å². The third-order valence-corrected chi connectivity index (χ3v) is 7.15. The summed E-state index contributed by atoms with van der Waals surface area (Å²) in [4.78, 5) is 36.5. The molecule has 3 rings (SSSR count). The quantitative estimate of drug-likeness (QED) is 0.721. The predicted molar refractivity (Wildman–Crippen MR) is 103 cm³/mol. The molecule has 0 spiro atoms. The minimum absolute atomic E-state index is 0.00346. The molecule has 1 aromatic rings. The van der Waals surface area contributed by atoms with Crippen molar-refractivity contribution in [2.45, 2.75) is 43.9 Å². The van der Waals surface area contributed by atoms with Crippen LogP contribution in [0.4, 0.5) is 5.69 Å². The van der Waals surface area contributed by atoms with Gasteiger partial charge >= 0.3 is 0 Å². The Kier molecular flexibility index (Phi) is 6.14. The summed E-state index contributed by atoms with van der Waals surface area (Å²) in [5.41, 5.74) is 0.468. The van der Waals surface area contributed by atoms with Gasteiger partial charge in [-0.3, -0.25) is 19.3 Å². The number of anilines is 1. The van der Waals surface area contributed by atoms with Gasteiger partial charge in [-0.1, -0.05) is 6.92 Å². The molecule has 0 atom stereocenters. The summed E-state index contributed by atoms with van der Waals surface area (Å²) < 4.78 is 26.9. The summed E-state index contributed by atoms with van der Waals surface area (Å²) in [5, 5.41) is 2.66. The topological polar surface area (TPSA) is 104 Å². The molecule has 152 valence electrons. The van der Waals surface area contributed by atoms with E-state index in [1.807, 2.05) is 0 Å². The van der Waals surface area contributed by atoms with Crippen molar-refractivity contribution in [1.29, 1.82) is 0 Å². The Morgan fingerprint density at radius 2 is 1.64 bits per heavy atom. The lowest BCUT2D eigenvalue weighted by atomic mass is 10.0. The molecule has 3 amide bonds. The van der Waals surface area contributed by atoms with Crippen LogP contribution >= 0.6 is 0 Å². The van der Waals surface area contributed by atoms with Crippen molar-refractivity contribution in [3.8, 4) is 0 Å². The van der Waals surface area contributed by atoms with Gasteiger partial charge in [-0.15, -0.1) is 0 Å². The maximum absolute atomic E-state index is 12.7. The van der Waals surface area contributed by atoms with Gasteiger partial charge in [-0.2, -0.15) is 4.31 Å². The Hall–Kier alpha value is -2.26. The second kappa shape index (κ2) is 8.40. The fourth-order valence-electron chi connectivity index (χ4n) is 3.39. The lowest BCUT2D eigenvalue weighted by molar-refractivity contribution is -0.138. The van der Waals surface area contributed by atoms with Crippen molar-refractivity contribution in [2.75, 3.05) is 25.0 Å². The monoisotopic (exact) mass is 407 g/mol. The molecule has 2 aliphatic heterocycles. The zero-order valence-electron chi connectivity index (χ0n) is 15.9. The molecule has 0 unspecified atom stereocenters.